The fraction of sp³-hybridized carbons (Fsp3) is 0.350. The average molecular weight is 385 g/mol. The number of carbonyl (C=O) groups is 1. The Balaban J connectivity index is 0.00000176. The van der Waals surface area contributed by atoms with Gasteiger partial charge in [0.05, 0.1) is 6.61 Å². The summed E-state index contributed by atoms with van der Waals surface area (Å²) in [6, 6.07) is 6.57. The third kappa shape index (κ3) is 6.92. The number of allylic oxidation sites excluding steroid dienone is 5. The van der Waals surface area contributed by atoms with Crippen molar-refractivity contribution in [3.63, 3.8) is 0 Å². The molecule has 1 aromatic rings. The topological polar surface area (TPSA) is 38.3 Å². The van der Waals surface area contributed by atoms with Crippen molar-refractivity contribution >= 4 is 11.5 Å². The van der Waals surface area contributed by atoms with E-state index in [4.69, 9.17) is 4.74 Å². The van der Waals surface area contributed by atoms with E-state index in [1.54, 1.807) is 43.3 Å². The molecule has 1 aromatic carbocycles. The summed E-state index contributed by atoms with van der Waals surface area (Å²) in [6.07, 6.45) is 0.00971. The number of rotatable bonds is 5. The van der Waals surface area contributed by atoms with E-state index in [1.807, 2.05) is 19.2 Å². The first-order valence-electron chi connectivity index (χ1n) is 8.65. The normalized spacial score (nSPS) is 14.0. The van der Waals surface area contributed by atoms with Crippen LogP contribution in [0.25, 0.3) is 5.57 Å². The Labute approximate surface area is 156 Å². The summed E-state index contributed by atoms with van der Waals surface area (Å²) in [5, 5.41) is 1.81. The summed E-state index contributed by atoms with van der Waals surface area (Å²) in [5.41, 5.74) is 1.93. The predicted octanol–water partition coefficient (Wildman–Crippen LogP) is 5.45. The fourth-order valence-corrected chi connectivity index (χ4v) is 2.25. The molecule has 0 fully saturated rings. The fourth-order valence-electron chi connectivity index (χ4n) is 2.25. The monoisotopic (exact) mass is 385 g/mol. The number of nitrogens with one attached hydrogen (secondary N) is 1. The van der Waals surface area contributed by atoms with E-state index in [0.29, 0.717) is 23.5 Å². The molecule has 1 aliphatic carbocycles. The van der Waals surface area contributed by atoms with Crippen LogP contribution in [0.15, 0.2) is 54.1 Å². The van der Waals surface area contributed by atoms with Gasteiger partial charge >= 0.3 is 12.1 Å². The molecule has 27 heavy (non-hydrogen) atoms. The van der Waals surface area contributed by atoms with Crippen LogP contribution in [-0.4, -0.2) is 18.7 Å². The van der Waals surface area contributed by atoms with Crippen molar-refractivity contribution in [2.24, 2.45) is 0 Å². The zero-order valence-electron chi connectivity index (χ0n) is 15.5. The second-order valence-electron chi connectivity index (χ2n) is 5.29. The molecular formula is C20H23F4NO2. The van der Waals surface area contributed by atoms with Crippen molar-refractivity contribution in [1.82, 2.24) is 5.32 Å². The van der Waals surface area contributed by atoms with E-state index in [-0.39, 0.29) is 18.8 Å². The van der Waals surface area contributed by atoms with Crippen molar-refractivity contribution in [2.45, 2.75) is 39.9 Å². The van der Waals surface area contributed by atoms with Gasteiger partial charge in [-0.2, -0.15) is 13.2 Å². The second kappa shape index (κ2) is 10.5. The molecule has 3 nitrogen and oxygen atoms in total. The molecule has 0 saturated heterocycles. The number of amides is 1. The van der Waals surface area contributed by atoms with Crippen molar-refractivity contribution in [3.05, 3.63) is 65.2 Å². The van der Waals surface area contributed by atoms with Crippen LogP contribution in [0.5, 0.6) is 0 Å². The minimum atomic E-state index is -4.90. The lowest BCUT2D eigenvalue weighted by Gasteiger charge is -2.11. The van der Waals surface area contributed by atoms with E-state index in [2.05, 4.69) is 0 Å². The van der Waals surface area contributed by atoms with Gasteiger partial charge in [-0.3, -0.25) is 4.79 Å². The zero-order valence-corrected chi connectivity index (χ0v) is 15.5. The molecule has 0 saturated carbocycles. The first-order chi connectivity index (χ1) is 12.8. The molecule has 0 unspecified atom stereocenters. The van der Waals surface area contributed by atoms with Crippen LogP contribution < -0.4 is 5.32 Å². The van der Waals surface area contributed by atoms with Gasteiger partial charge in [-0.05, 0) is 18.1 Å². The lowest BCUT2D eigenvalue weighted by atomic mass is 10.0. The highest BCUT2D eigenvalue weighted by molar-refractivity contribution is 5.81. The lowest BCUT2D eigenvalue weighted by molar-refractivity contribution is -0.173. The van der Waals surface area contributed by atoms with Crippen molar-refractivity contribution < 1.29 is 27.1 Å². The first kappa shape index (κ1) is 22.5. The van der Waals surface area contributed by atoms with Gasteiger partial charge in [0.15, 0.2) is 0 Å². The Bertz CT molecular complexity index is 716. The molecule has 1 N–H and O–H groups in total. The van der Waals surface area contributed by atoms with Crippen LogP contribution in [0.3, 0.4) is 0 Å². The molecule has 2 rings (SSSR count). The Kier molecular flexibility index (Phi) is 8.78. The molecule has 0 heterocycles. The molecular weight excluding hydrogens is 362 g/mol. The van der Waals surface area contributed by atoms with Gasteiger partial charge in [-0.25, -0.2) is 4.39 Å². The Morgan fingerprint density at radius 2 is 1.81 bits per heavy atom. The third-order valence-electron chi connectivity index (χ3n) is 3.43. The molecule has 0 radical (unpaired) electrons. The molecule has 0 aliphatic heterocycles. The smallest absolute Gasteiger partial charge is 0.471 e. The van der Waals surface area contributed by atoms with Crippen molar-refractivity contribution in [3.8, 4) is 0 Å². The van der Waals surface area contributed by atoms with Gasteiger partial charge in [-0.15, -0.1) is 0 Å². The maximum Gasteiger partial charge on any atom is 0.471 e. The standard InChI is InChI=1S/C18H17F4NO2.C2H6/c1-2-25-16-10-14(19)4-3-5-15(16)13-8-6-12(7-9-13)11-23-17(24)18(20,21)22;1-2/h3,5-10H,2,4,11H2,1H3,(H,23,24);1-2H3. The zero-order chi connectivity index (χ0) is 20.4. The van der Waals surface area contributed by atoms with E-state index in [1.165, 1.54) is 6.08 Å². The summed E-state index contributed by atoms with van der Waals surface area (Å²) in [4.78, 5) is 10.8. The molecule has 7 heteroatoms. The Hall–Kier alpha value is -2.57. The van der Waals surface area contributed by atoms with Gasteiger partial charge in [-0.1, -0.05) is 50.3 Å². The van der Waals surface area contributed by atoms with Gasteiger partial charge in [0.25, 0.3) is 0 Å². The molecule has 0 bridgehead atoms. The second-order valence-corrected chi connectivity index (χ2v) is 5.29. The number of alkyl halides is 3. The largest absolute Gasteiger partial charge is 0.493 e. The van der Waals surface area contributed by atoms with Gasteiger partial charge in [0.2, 0.25) is 0 Å². The highest BCUT2D eigenvalue weighted by atomic mass is 19.4. The third-order valence-corrected chi connectivity index (χ3v) is 3.43. The van der Waals surface area contributed by atoms with Crippen LogP contribution in [0.1, 0.15) is 38.3 Å². The van der Waals surface area contributed by atoms with Crippen molar-refractivity contribution in [1.29, 1.82) is 0 Å². The minimum Gasteiger partial charge on any atom is -0.493 e. The van der Waals surface area contributed by atoms with Crippen LogP contribution >= 0.6 is 0 Å². The molecule has 148 valence electrons. The summed E-state index contributed by atoms with van der Waals surface area (Å²) < 4.78 is 55.6. The quantitative estimate of drug-likeness (QED) is 0.684. The Morgan fingerprint density at radius 3 is 2.37 bits per heavy atom. The van der Waals surface area contributed by atoms with Crippen molar-refractivity contribution in [2.75, 3.05) is 6.61 Å². The van der Waals surface area contributed by atoms with E-state index < -0.39 is 12.1 Å². The maximum atomic E-state index is 13.6. The minimum absolute atomic E-state index is 0.168. The average Bonchev–Trinajstić information content (AvgIpc) is 2.82. The van der Waals surface area contributed by atoms with Gasteiger partial charge in [0.1, 0.15) is 11.6 Å². The number of ether oxygens (including phenoxy) is 1. The summed E-state index contributed by atoms with van der Waals surface area (Å²) in [6.45, 7) is 5.93. The van der Waals surface area contributed by atoms with Crippen LogP contribution in [0, 0.1) is 0 Å². The van der Waals surface area contributed by atoms with Gasteiger partial charge in [0, 0.05) is 24.6 Å². The summed E-state index contributed by atoms with van der Waals surface area (Å²) in [5.74, 6) is -1.90. The number of hydrogen-bond donors (Lipinski definition) is 1. The van der Waals surface area contributed by atoms with Crippen LogP contribution in [0.2, 0.25) is 0 Å². The molecule has 0 spiro atoms. The van der Waals surface area contributed by atoms with E-state index >= 15 is 0 Å². The predicted molar refractivity (Wildman–Crippen MR) is 97.2 cm³/mol. The molecule has 0 aromatic heterocycles. The SMILES string of the molecule is CC.CCOC1=C(c2ccc(CNC(=O)C(F)(F)F)cc2)C=CCC(F)=C1. The summed E-state index contributed by atoms with van der Waals surface area (Å²) >= 11 is 0. The van der Waals surface area contributed by atoms with Crippen LogP contribution in [0.4, 0.5) is 17.6 Å². The Morgan fingerprint density at radius 1 is 1.19 bits per heavy atom. The van der Waals surface area contributed by atoms with E-state index in [9.17, 15) is 22.4 Å². The highest BCUT2D eigenvalue weighted by Gasteiger charge is 2.38. The molecule has 1 aliphatic rings. The number of carbonyl (C=O) groups excluding carboxylic acids is 1. The lowest BCUT2D eigenvalue weighted by Crippen LogP contribution is -2.36. The number of hydrogen-bond acceptors (Lipinski definition) is 2. The van der Waals surface area contributed by atoms with E-state index in [0.717, 1.165) is 5.56 Å². The maximum absolute atomic E-state index is 13.6. The van der Waals surface area contributed by atoms with Gasteiger partial charge < -0.3 is 10.1 Å². The molecule has 0 atom stereocenters. The first-order valence-corrected chi connectivity index (χ1v) is 8.65. The van der Waals surface area contributed by atoms with Crippen LogP contribution in [-0.2, 0) is 16.1 Å². The summed E-state index contributed by atoms with van der Waals surface area (Å²) in [7, 11) is 0. The number of halogens is 4. The highest BCUT2D eigenvalue weighted by Crippen LogP contribution is 2.27. The molecule has 1 amide bonds. The number of benzene rings is 1.